The molecule has 0 aromatic carbocycles. The molecule has 0 saturated carbocycles. The second-order valence-corrected chi connectivity index (χ2v) is 5.21. The summed E-state index contributed by atoms with van der Waals surface area (Å²) in [5, 5.41) is 0.295. The van der Waals surface area contributed by atoms with Crippen LogP contribution in [-0.2, 0) is 4.74 Å². The first kappa shape index (κ1) is 13.2. The molecule has 80 valence electrons. The van der Waals surface area contributed by atoms with Crippen LogP contribution in [0, 0.1) is 5.92 Å². The molecule has 0 saturated heterocycles. The van der Waals surface area contributed by atoms with Crippen molar-refractivity contribution in [1.29, 1.82) is 0 Å². The van der Waals surface area contributed by atoms with E-state index in [0.29, 0.717) is 11.3 Å². The molecule has 0 bridgehead atoms. The number of alkyl halides is 1. The zero-order valence-electron chi connectivity index (χ0n) is 9.56. The van der Waals surface area contributed by atoms with Crippen molar-refractivity contribution in [2.24, 2.45) is 5.92 Å². The molecule has 0 rings (SSSR count). The van der Waals surface area contributed by atoms with Gasteiger partial charge in [-0.05, 0) is 39.5 Å². The van der Waals surface area contributed by atoms with Crippen LogP contribution >= 0.6 is 11.6 Å². The third-order valence-corrected chi connectivity index (χ3v) is 2.85. The van der Waals surface area contributed by atoms with Crippen molar-refractivity contribution in [2.75, 3.05) is 6.61 Å². The number of hydrogen-bond acceptors (Lipinski definition) is 1. The SMILES string of the molecule is CCC(Cl)C(C)CCOC(C)(C)C. The van der Waals surface area contributed by atoms with Gasteiger partial charge < -0.3 is 4.74 Å². The average Bonchev–Trinajstić information content (AvgIpc) is 2.00. The van der Waals surface area contributed by atoms with E-state index in [4.69, 9.17) is 16.3 Å². The Morgan fingerprint density at radius 3 is 2.23 bits per heavy atom. The largest absolute Gasteiger partial charge is 0.376 e. The fraction of sp³-hybridized carbons (Fsp3) is 1.00. The van der Waals surface area contributed by atoms with Gasteiger partial charge in [0.05, 0.1) is 5.60 Å². The molecule has 0 aliphatic carbocycles. The first-order valence-corrected chi connectivity index (χ1v) is 5.58. The molecule has 13 heavy (non-hydrogen) atoms. The lowest BCUT2D eigenvalue weighted by molar-refractivity contribution is -0.00866. The van der Waals surface area contributed by atoms with Gasteiger partial charge in [0.25, 0.3) is 0 Å². The molecular formula is C11H23ClO. The molecule has 0 aliphatic rings. The van der Waals surface area contributed by atoms with Crippen LogP contribution in [0.25, 0.3) is 0 Å². The fourth-order valence-corrected chi connectivity index (χ4v) is 1.26. The summed E-state index contributed by atoms with van der Waals surface area (Å²) in [5.74, 6) is 0.550. The van der Waals surface area contributed by atoms with Crippen LogP contribution < -0.4 is 0 Å². The predicted octanol–water partition coefficient (Wildman–Crippen LogP) is 3.85. The van der Waals surface area contributed by atoms with E-state index < -0.39 is 0 Å². The molecule has 1 nitrogen and oxygen atoms in total. The Labute approximate surface area is 87.8 Å². The van der Waals surface area contributed by atoms with E-state index in [0.717, 1.165) is 19.4 Å². The molecule has 0 amide bonds. The van der Waals surface area contributed by atoms with Crippen LogP contribution in [0.3, 0.4) is 0 Å². The summed E-state index contributed by atoms with van der Waals surface area (Å²) in [6.45, 7) is 11.4. The van der Waals surface area contributed by atoms with E-state index in [1.54, 1.807) is 0 Å². The Kier molecular flexibility index (Phi) is 5.98. The normalized spacial score (nSPS) is 17.1. The minimum atomic E-state index is -0.0201. The summed E-state index contributed by atoms with van der Waals surface area (Å²) < 4.78 is 5.64. The van der Waals surface area contributed by atoms with Crippen molar-refractivity contribution < 1.29 is 4.74 Å². The van der Waals surface area contributed by atoms with Crippen molar-refractivity contribution in [2.45, 2.75) is 58.4 Å². The lowest BCUT2D eigenvalue weighted by atomic mass is 10.0. The van der Waals surface area contributed by atoms with Gasteiger partial charge >= 0.3 is 0 Å². The second kappa shape index (κ2) is 5.87. The molecule has 0 radical (unpaired) electrons. The maximum Gasteiger partial charge on any atom is 0.0598 e. The maximum absolute atomic E-state index is 6.11. The van der Waals surface area contributed by atoms with Crippen molar-refractivity contribution in [3.05, 3.63) is 0 Å². The topological polar surface area (TPSA) is 9.23 Å². The molecule has 0 N–H and O–H groups in total. The summed E-state index contributed by atoms with van der Waals surface area (Å²) >= 11 is 6.11. The van der Waals surface area contributed by atoms with Gasteiger partial charge in [-0.3, -0.25) is 0 Å². The highest BCUT2D eigenvalue weighted by Crippen LogP contribution is 2.18. The molecule has 2 heteroatoms. The van der Waals surface area contributed by atoms with Gasteiger partial charge in [0.2, 0.25) is 0 Å². The highest BCUT2D eigenvalue weighted by Gasteiger charge is 2.14. The third kappa shape index (κ3) is 7.33. The number of hydrogen-bond donors (Lipinski definition) is 0. The Bertz CT molecular complexity index is 129. The molecule has 0 aromatic rings. The van der Waals surface area contributed by atoms with Crippen LogP contribution in [0.15, 0.2) is 0 Å². The van der Waals surface area contributed by atoms with Gasteiger partial charge in [-0.1, -0.05) is 13.8 Å². The fourth-order valence-electron chi connectivity index (χ4n) is 1.13. The quantitative estimate of drug-likeness (QED) is 0.621. The molecule has 0 heterocycles. The summed E-state index contributed by atoms with van der Waals surface area (Å²) in [6, 6.07) is 0. The Morgan fingerprint density at radius 1 is 1.31 bits per heavy atom. The highest BCUT2D eigenvalue weighted by molar-refractivity contribution is 6.20. The van der Waals surface area contributed by atoms with Gasteiger partial charge in [0, 0.05) is 12.0 Å². The third-order valence-electron chi connectivity index (χ3n) is 2.12. The summed E-state index contributed by atoms with van der Waals surface area (Å²) in [6.07, 6.45) is 2.09. The summed E-state index contributed by atoms with van der Waals surface area (Å²) in [7, 11) is 0. The molecular weight excluding hydrogens is 184 g/mol. The second-order valence-electron chi connectivity index (χ2n) is 4.65. The Hall–Kier alpha value is 0.250. The van der Waals surface area contributed by atoms with Crippen molar-refractivity contribution in [3.63, 3.8) is 0 Å². The summed E-state index contributed by atoms with van der Waals surface area (Å²) in [4.78, 5) is 0. The lowest BCUT2D eigenvalue weighted by Gasteiger charge is -2.22. The van der Waals surface area contributed by atoms with Crippen LogP contribution in [0.2, 0.25) is 0 Å². The standard InChI is InChI=1S/C11H23ClO/c1-6-10(12)9(2)7-8-13-11(3,4)5/h9-10H,6-8H2,1-5H3. The lowest BCUT2D eigenvalue weighted by Crippen LogP contribution is -2.22. The van der Waals surface area contributed by atoms with Crippen LogP contribution in [0.4, 0.5) is 0 Å². The van der Waals surface area contributed by atoms with Gasteiger partial charge in [-0.2, -0.15) is 0 Å². The van der Waals surface area contributed by atoms with Crippen LogP contribution in [0.5, 0.6) is 0 Å². The molecule has 0 aromatic heterocycles. The zero-order chi connectivity index (χ0) is 10.5. The average molecular weight is 207 g/mol. The predicted molar refractivity (Wildman–Crippen MR) is 59.4 cm³/mol. The molecule has 0 fully saturated rings. The van der Waals surface area contributed by atoms with Crippen LogP contribution in [-0.4, -0.2) is 17.6 Å². The number of halogens is 1. The van der Waals surface area contributed by atoms with Crippen molar-refractivity contribution in [1.82, 2.24) is 0 Å². The van der Waals surface area contributed by atoms with E-state index in [9.17, 15) is 0 Å². The Morgan fingerprint density at radius 2 is 1.85 bits per heavy atom. The minimum Gasteiger partial charge on any atom is -0.376 e. The minimum absolute atomic E-state index is 0.0201. The molecule has 0 spiro atoms. The van der Waals surface area contributed by atoms with Crippen molar-refractivity contribution in [3.8, 4) is 0 Å². The number of rotatable bonds is 5. The Balaban J connectivity index is 3.53. The smallest absolute Gasteiger partial charge is 0.0598 e. The molecule has 2 atom stereocenters. The van der Waals surface area contributed by atoms with Crippen molar-refractivity contribution >= 4 is 11.6 Å². The van der Waals surface area contributed by atoms with Crippen LogP contribution in [0.1, 0.15) is 47.5 Å². The highest BCUT2D eigenvalue weighted by atomic mass is 35.5. The van der Waals surface area contributed by atoms with E-state index in [-0.39, 0.29) is 5.60 Å². The van der Waals surface area contributed by atoms with Gasteiger partial charge in [-0.25, -0.2) is 0 Å². The van der Waals surface area contributed by atoms with Gasteiger partial charge in [-0.15, -0.1) is 11.6 Å². The van der Waals surface area contributed by atoms with Gasteiger partial charge in [0.1, 0.15) is 0 Å². The van der Waals surface area contributed by atoms with E-state index >= 15 is 0 Å². The van der Waals surface area contributed by atoms with E-state index in [1.165, 1.54) is 0 Å². The molecule has 2 unspecified atom stereocenters. The van der Waals surface area contributed by atoms with E-state index in [1.807, 2.05) is 0 Å². The van der Waals surface area contributed by atoms with E-state index in [2.05, 4.69) is 34.6 Å². The molecule has 0 aliphatic heterocycles. The maximum atomic E-state index is 6.11. The monoisotopic (exact) mass is 206 g/mol. The van der Waals surface area contributed by atoms with Gasteiger partial charge in [0.15, 0.2) is 0 Å². The summed E-state index contributed by atoms with van der Waals surface area (Å²) in [5.41, 5.74) is -0.0201. The zero-order valence-corrected chi connectivity index (χ0v) is 10.3. The first-order valence-electron chi connectivity index (χ1n) is 5.15. The number of ether oxygens (including phenoxy) is 1. The first-order chi connectivity index (χ1) is 5.87.